The Labute approximate surface area is 110 Å². The van der Waals surface area contributed by atoms with Crippen molar-refractivity contribution in [1.29, 1.82) is 0 Å². The van der Waals surface area contributed by atoms with Crippen LogP contribution >= 0.6 is 0 Å². The monoisotopic (exact) mass is 271 g/mol. The second kappa shape index (κ2) is 8.19. The molecule has 106 valence electrons. The van der Waals surface area contributed by atoms with E-state index in [4.69, 9.17) is 15.3 Å². The molecule has 1 aromatic rings. The normalized spacial score (nSPS) is 10.2. The lowest BCUT2D eigenvalue weighted by molar-refractivity contribution is -0.384. The van der Waals surface area contributed by atoms with Crippen molar-refractivity contribution in [2.75, 3.05) is 44.2 Å². The van der Waals surface area contributed by atoms with E-state index >= 15 is 0 Å². The van der Waals surface area contributed by atoms with Crippen LogP contribution in [0.3, 0.4) is 0 Å². The van der Waals surface area contributed by atoms with E-state index in [1.54, 1.807) is 7.11 Å². The van der Waals surface area contributed by atoms with Crippen molar-refractivity contribution in [3.05, 3.63) is 22.2 Å². The maximum Gasteiger partial charge on any atom is 0.311 e. The highest BCUT2D eigenvalue weighted by atomic mass is 16.6. The Morgan fingerprint density at radius 3 is 2.84 bits per heavy atom. The molecule has 0 bridgehead atoms. The van der Waals surface area contributed by atoms with E-state index in [0.717, 1.165) is 0 Å². The van der Waals surface area contributed by atoms with Gasteiger partial charge in [0.15, 0.2) is 0 Å². The highest BCUT2D eigenvalue weighted by Gasteiger charge is 2.15. The minimum absolute atomic E-state index is 0.115. The number of hydrazine groups is 1. The minimum Gasteiger partial charge on any atom is -0.382 e. The highest BCUT2D eigenvalue weighted by Crippen LogP contribution is 2.23. The van der Waals surface area contributed by atoms with E-state index < -0.39 is 4.92 Å². The van der Waals surface area contributed by atoms with E-state index in [9.17, 15) is 10.1 Å². The molecule has 4 N–H and O–H groups in total. The van der Waals surface area contributed by atoms with Crippen LogP contribution in [0.2, 0.25) is 0 Å². The Morgan fingerprint density at radius 1 is 1.42 bits per heavy atom. The van der Waals surface area contributed by atoms with Gasteiger partial charge in [0, 0.05) is 19.7 Å². The lowest BCUT2D eigenvalue weighted by Crippen LogP contribution is -2.15. The van der Waals surface area contributed by atoms with Crippen molar-refractivity contribution in [2.24, 2.45) is 5.84 Å². The van der Waals surface area contributed by atoms with Crippen molar-refractivity contribution in [3.8, 4) is 0 Å². The summed E-state index contributed by atoms with van der Waals surface area (Å²) in [5.74, 6) is 5.70. The molecule has 0 saturated heterocycles. The Hall–Kier alpha value is -1.97. The van der Waals surface area contributed by atoms with Gasteiger partial charge in [0.05, 0.1) is 24.7 Å². The van der Waals surface area contributed by atoms with Crippen molar-refractivity contribution < 1.29 is 14.4 Å². The fraction of sp³-hybridized carbons (Fsp3) is 0.500. The molecule has 0 radical (unpaired) electrons. The second-order valence-corrected chi connectivity index (χ2v) is 3.50. The number of aromatic nitrogens is 1. The van der Waals surface area contributed by atoms with Gasteiger partial charge in [0.1, 0.15) is 5.82 Å². The third-order valence-corrected chi connectivity index (χ3v) is 2.19. The fourth-order valence-electron chi connectivity index (χ4n) is 1.30. The molecule has 0 saturated carbocycles. The number of nitrogen functional groups attached to an aromatic ring is 1. The molecule has 9 heteroatoms. The molecule has 0 fully saturated rings. The number of anilines is 2. The summed E-state index contributed by atoms with van der Waals surface area (Å²) in [4.78, 5) is 14.3. The Kier molecular flexibility index (Phi) is 6.50. The van der Waals surface area contributed by atoms with Gasteiger partial charge in [-0.25, -0.2) is 10.8 Å². The number of pyridine rings is 1. The first-order valence-electron chi connectivity index (χ1n) is 5.61. The number of nitrogens with two attached hydrogens (primary N) is 1. The summed E-state index contributed by atoms with van der Waals surface area (Å²) >= 11 is 0. The highest BCUT2D eigenvalue weighted by molar-refractivity contribution is 5.59. The number of rotatable bonds is 9. The van der Waals surface area contributed by atoms with Gasteiger partial charge in [-0.15, -0.1) is 0 Å². The third-order valence-electron chi connectivity index (χ3n) is 2.19. The van der Waals surface area contributed by atoms with Crippen molar-refractivity contribution in [1.82, 2.24) is 4.98 Å². The first-order valence-corrected chi connectivity index (χ1v) is 5.61. The van der Waals surface area contributed by atoms with Crippen LogP contribution < -0.4 is 16.6 Å². The molecule has 1 rings (SSSR count). The minimum atomic E-state index is -0.512. The van der Waals surface area contributed by atoms with E-state index in [1.807, 2.05) is 0 Å². The number of hydrogen-bond donors (Lipinski definition) is 3. The van der Waals surface area contributed by atoms with Gasteiger partial charge in [-0.2, -0.15) is 0 Å². The zero-order valence-corrected chi connectivity index (χ0v) is 10.6. The fourth-order valence-corrected chi connectivity index (χ4v) is 1.30. The zero-order valence-electron chi connectivity index (χ0n) is 10.6. The number of nitrogens with zero attached hydrogens (tertiary/aromatic N) is 2. The van der Waals surface area contributed by atoms with Crippen molar-refractivity contribution >= 4 is 17.3 Å². The average molecular weight is 271 g/mol. The number of methoxy groups -OCH3 is 1. The summed E-state index contributed by atoms with van der Waals surface area (Å²) in [7, 11) is 1.58. The summed E-state index contributed by atoms with van der Waals surface area (Å²) < 4.78 is 10.0. The van der Waals surface area contributed by atoms with Crippen LogP contribution in [0.15, 0.2) is 12.1 Å². The van der Waals surface area contributed by atoms with Gasteiger partial charge >= 0.3 is 5.69 Å². The van der Waals surface area contributed by atoms with Crippen LogP contribution in [0.4, 0.5) is 17.3 Å². The number of nitro groups is 1. The van der Waals surface area contributed by atoms with Crippen LogP contribution in [0.25, 0.3) is 0 Å². The van der Waals surface area contributed by atoms with E-state index in [-0.39, 0.29) is 11.5 Å². The summed E-state index contributed by atoms with van der Waals surface area (Å²) in [6.07, 6.45) is 0. The lowest BCUT2D eigenvalue weighted by Gasteiger charge is -2.08. The number of ether oxygens (including phenoxy) is 2. The molecule has 19 heavy (non-hydrogen) atoms. The molecule has 0 atom stereocenters. The maximum absolute atomic E-state index is 10.8. The van der Waals surface area contributed by atoms with Gasteiger partial charge in [0.2, 0.25) is 5.82 Å². The predicted octanol–water partition coefficient (Wildman–Crippen LogP) is 0.350. The smallest absolute Gasteiger partial charge is 0.311 e. The summed E-state index contributed by atoms with van der Waals surface area (Å²) in [5.41, 5.74) is 2.22. The predicted molar refractivity (Wildman–Crippen MR) is 69.9 cm³/mol. The van der Waals surface area contributed by atoms with Crippen LogP contribution in [0.5, 0.6) is 0 Å². The topological polar surface area (TPSA) is 125 Å². The van der Waals surface area contributed by atoms with Crippen LogP contribution in [0.1, 0.15) is 0 Å². The first-order chi connectivity index (χ1) is 9.19. The molecule has 1 heterocycles. The quantitative estimate of drug-likeness (QED) is 0.254. The molecule has 1 aromatic heterocycles. The molecular formula is C10H17N5O4. The van der Waals surface area contributed by atoms with Crippen LogP contribution in [0, 0.1) is 10.1 Å². The van der Waals surface area contributed by atoms with Crippen molar-refractivity contribution in [2.45, 2.75) is 0 Å². The van der Waals surface area contributed by atoms with Gasteiger partial charge in [0.25, 0.3) is 0 Å². The molecule has 0 aromatic carbocycles. The Morgan fingerprint density at radius 2 is 2.21 bits per heavy atom. The molecule has 0 aliphatic heterocycles. The Balaban J connectivity index is 2.52. The molecule has 0 aliphatic rings. The number of hydrogen-bond acceptors (Lipinski definition) is 8. The summed E-state index contributed by atoms with van der Waals surface area (Å²) in [6.45, 7) is 1.76. The average Bonchev–Trinajstić information content (AvgIpc) is 2.42. The van der Waals surface area contributed by atoms with Gasteiger partial charge in [-0.1, -0.05) is 0 Å². The molecule has 9 nitrogen and oxygen atoms in total. The van der Waals surface area contributed by atoms with Crippen LogP contribution in [-0.4, -0.2) is 43.4 Å². The van der Waals surface area contributed by atoms with Gasteiger partial charge < -0.3 is 20.2 Å². The third kappa shape index (κ3) is 5.04. The van der Waals surface area contributed by atoms with Crippen LogP contribution in [-0.2, 0) is 9.47 Å². The molecule has 0 aliphatic carbocycles. The Bertz CT molecular complexity index is 415. The molecule has 0 spiro atoms. The maximum atomic E-state index is 10.8. The van der Waals surface area contributed by atoms with E-state index in [1.165, 1.54) is 12.1 Å². The second-order valence-electron chi connectivity index (χ2n) is 3.50. The van der Waals surface area contributed by atoms with E-state index in [2.05, 4.69) is 15.7 Å². The molecular weight excluding hydrogens is 254 g/mol. The zero-order chi connectivity index (χ0) is 14.1. The van der Waals surface area contributed by atoms with Gasteiger partial charge in [-0.05, 0) is 6.07 Å². The first kappa shape index (κ1) is 15.1. The summed E-state index contributed by atoms with van der Waals surface area (Å²) in [6, 6.07) is 2.76. The number of nitrogens with one attached hydrogen (secondary N) is 2. The SMILES string of the molecule is COCCOCCNc1nc(NN)ccc1[N+](=O)[O-]. The van der Waals surface area contributed by atoms with Gasteiger partial charge in [-0.3, -0.25) is 10.1 Å². The van der Waals surface area contributed by atoms with Crippen molar-refractivity contribution in [3.63, 3.8) is 0 Å². The van der Waals surface area contributed by atoms with E-state index in [0.29, 0.717) is 32.2 Å². The summed E-state index contributed by atoms with van der Waals surface area (Å²) in [5, 5.41) is 13.7. The molecule has 0 amide bonds. The lowest BCUT2D eigenvalue weighted by atomic mass is 10.3. The molecule has 0 unspecified atom stereocenters. The largest absolute Gasteiger partial charge is 0.382 e. The standard InChI is InChI=1S/C10H17N5O4/c1-18-6-7-19-5-4-12-10-8(15(16)17)2-3-9(13-10)14-11/h2-3H,4-7,11H2,1H3,(H2,12,13,14).